The number of pyridine rings is 1. The maximum atomic E-state index is 11.9. The van der Waals surface area contributed by atoms with Crippen LogP contribution in [0.3, 0.4) is 0 Å². The van der Waals surface area contributed by atoms with E-state index in [1.165, 1.54) is 13.4 Å². The summed E-state index contributed by atoms with van der Waals surface area (Å²) in [7, 11) is 1.48. The molecule has 3 heterocycles. The van der Waals surface area contributed by atoms with Gasteiger partial charge in [0, 0.05) is 13.0 Å². The summed E-state index contributed by atoms with van der Waals surface area (Å²) >= 11 is 0. The number of aromatic nitrogens is 3. The summed E-state index contributed by atoms with van der Waals surface area (Å²) in [6.07, 6.45) is 3.77. The van der Waals surface area contributed by atoms with Gasteiger partial charge in [-0.3, -0.25) is 4.79 Å². The molecule has 0 fully saturated rings. The van der Waals surface area contributed by atoms with Crippen LogP contribution in [0.2, 0.25) is 0 Å². The number of H-pyrrole nitrogens is 1. The van der Waals surface area contributed by atoms with E-state index in [1.807, 2.05) is 4.90 Å². The number of nitriles is 1. The SMILES string of the molecule is COc1ncc(N2CCc3nc[nH]c(=O)c3C2)cc1C#N. The van der Waals surface area contributed by atoms with Crippen LogP contribution in [-0.4, -0.2) is 28.6 Å². The number of rotatable bonds is 2. The van der Waals surface area contributed by atoms with Gasteiger partial charge in [0.2, 0.25) is 5.88 Å². The third-order valence-electron chi connectivity index (χ3n) is 3.52. The average Bonchev–Trinajstić information content (AvgIpc) is 2.54. The first kappa shape index (κ1) is 13.1. The molecule has 0 bridgehead atoms. The van der Waals surface area contributed by atoms with Gasteiger partial charge in [0.25, 0.3) is 5.56 Å². The van der Waals surface area contributed by atoms with E-state index in [0.717, 1.165) is 17.9 Å². The fourth-order valence-corrected chi connectivity index (χ4v) is 2.43. The molecule has 1 aliphatic rings. The number of fused-ring (bicyclic) bond motifs is 1. The highest BCUT2D eigenvalue weighted by Crippen LogP contribution is 2.25. The first-order valence-corrected chi connectivity index (χ1v) is 6.47. The minimum Gasteiger partial charge on any atom is -0.480 e. The minimum atomic E-state index is -0.119. The maximum absolute atomic E-state index is 11.9. The second kappa shape index (κ2) is 5.25. The van der Waals surface area contributed by atoms with Crippen molar-refractivity contribution in [3.05, 3.63) is 45.8 Å². The van der Waals surface area contributed by atoms with E-state index in [0.29, 0.717) is 30.0 Å². The maximum Gasteiger partial charge on any atom is 0.255 e. The molecule has 3 rings (SSSR count). The molecule has 1 aliphatic heterocycles. The Morgan fingerprint density at radius 3 is 3.10 bits per heavy atom. The van der Waals surface area contributed by atoms with E-state index < -0.39 is 0 Å². The molecule has 1 N–H and O–H groups in total. The fourth-order valence-electron chi connectivity index (χ4n) is 2.43. The van der Waals surface area contributed by atoms with Crippen LogP contribution in [0.15, 0.2) is 23.4 Å². The van der Waals surface area contributed by atoms with Crippen LogP contribution in [0.4, 0.5) is 5.69 Å². The van der Waals surface area contributed by atoms with E-state index in [4.69, 9.17) is 10.00 Å². The summed E-state index contributed by atoms with van der Waals surface area (Å²) in [6.45, 7) is 1.18. The van der Waals surface area contributed by atoms with E-state index in [9.17, 15) is 4.79 Å². The Hall–Kier alpha value is -2.88. The van der Waals surface area contributed by atoms with Crippen LogP contribution in [0.5, 0.6) is 5.88 Å². The third-order valence-corrected chi connectivity index (χ3v) is 3.52. The lowest BCUT2D eigenvalue weighted by Crippen LogP contribution is -2.35. The van der Waals surface area contributed by atoms with E-state index in [1.54, 1.807) is 12.3 Å². The Morgan fingerprint density at radius 1 is 1.48 bits per heavy atom. The van der Waals surface area contributed by atoms with Gasteiger partial charge in [0.1, 0.15) is 11.6 Å². The summed E-state index contributed by atoms with van der Waals surface area (Å²) in [5.74, 6) is 0.304. The lowest BCUT2D eigenvalue weighted by molar-refractivity contribution is 0.396. The van der Waals surface area contributed by atoms with Gasteiger partial charge in [-0.1, -0.05) is 0 Å². The van der Waals surface area contributed by atoms with E-state index >= 15 is 0 Å². The van der Waals surface area contributed by atoms with Gasteiger partial charge < -0.3 is 14.6 Å². The molecule has 0 spiro atoms. The van der Waals surface area contributed by atoms with Gasteiger partial charge in [-0.15, -0.1) is 0 Å². The number of hydrogen-bond acceptors (Lipinski definition) is 6. The normalized spacial score (nSPS) is 13.4. The summed E-state index contributed by atoms with van der Waals surface area (Å²) < 4.78 is 5.04. The molecule has 0 aliphatic carbocycles. The fraction of sp³-hybridized carbons (Fsp3) is 0.286. The molecule has 0 radical (unpaired) electrons. The van der Waals surface area contributed by atoms with Crippen LogP contribution < -0.4 is 15.2 Å². The molecule has 7 nitrogen and oxygen atoms in total. The molecule has 106 valence electrons. The Balaban J connectivity index is 1.95. The van der Waals surface area contributed by atoms with Crippen LogP contribution in [0.25, 0.3) is 0 Å². The van der Waals surface area contributed by atoms with Crippen molar-refractivity contribution >= 4 is 5.69 Å². The molecule has 21 heavy (non-hydrogen) atoms. The summed E-state index contributed by atoms with van der Waals surface area (Å²) in [4.78, 5) is 24.8. The third kappa shape index (κ3) is 2.31. The summed E-state index contributed by atoms with van der Waals surface area (Å²) in [6, 6.07) is 3.79. The molecule has 0 unspecified atom stereocenters. The van der Waals surface area contributed by atoms with Gasteiger partial charge in [0.15, 0.2) is 0 Å². The van der Waals surface area contributed by atoms with Gasteiger partial charge >= 0.3 is 0 Å². The molecular weight excluding hydrogens is 270 g/mol. The van der Waals surface area contributed by atoms with Gasteiger partial charge in [-0.05, 0) is 6.07 Å². The second-order valence-corrected chi connectivity index (χ2v) is 4.69. The molecular formula is C14H13N5O2. The number of methoxy groups -OCH3 is 1. The summed E-state index contributed by atoms with van der Waals surface area (Å²) in [5.41, 5.74) is 2.55. The Morgan fingerprint density at radius 2 is 2.33 bits per heavy atom. The topological polar surface area (TPSA) is 94.9 Å². The Bertz CT molecular complexity index is 778. The van der Waals surface area contributed by atoms with Crippen LogP contribution >= 0.6 is 0 Å². The zero-order chi connectivity index (χ0) is 14.8. The minimum absolute atomic E-state index is 0.119. The highest BCUT2D eigenvalue weighted by molar-refractivity contribution is 5.54. The number of hydrogen-bond donors (Lipinski definition) is 1. The monoisotopic (exact) mass is 283 g/mol. The van der Waals surface area contributed by atoms with Crippen LogP contribution in [0.1, 0.15) is 16.8 Å². The molecule has 0 atom stereocenters. The van der Waals surface area contributed by atoms with Crippen molar-refractivity contribution in [2.75, 3.05) is 18.6 Å². The quantitative estimate of drug-likeness (QED) is 0.867. The molecule has 2 aromatic heterocycles. The van der Waals surface area contributed by atoms with E-state index in [-0.39, 0.29) is 5.56 Å². The Labute approximate surface area is 120 Å². The van der Waals surface area contributed by atoms with Gasteiger partial charge in [0.05, 0.1) is 43.1 Å². The number of anilines is 1. The number of aromatic amines is 1. The largest absolute Gasteiger partial charge is 0.480 e. The number of nitrogens with zero attached hydrogens (tertiary/aromatic N) is 4. The highest BCUT2D eigenvalue weighted by atomic mass is 16.5. The lowest BCUT2D eigenvalue weighted by atomic mass is 10.1. The predicted octanol–water partition coefficient (Wildman–Crippen LogP) is 0.608. The molecule has 0 saturated carbocycles. The van der Waals surface area contributed by atoms with Crippen molar-refractivity contribution in [2.24, 2.45) is 0 Å². The van der Waals surface area contributed by atoms with Crippen molar-refractivity contribution in [3.63, 3.8) is 0 Å². The van der Waals surface area contributed by atoms with Crippen molar-refractivity contribution < 1.29 is 4.74 Å². The Kier molecular flexibility index (Phi) is 3.28. The molecule has 0 amide bonds. The first-order chi connectivity index (χ1) is 10.2. The van der Waals surface area contributed by atoms with Crippen molar-refractivity contribution in [3.8, 4) is 11.9 Å². The standard InChI is InChI=1S/C14H13N5O2/c1-21-14-9(5-15)4-10(6-16-14)19-3-2-12-11(7-19)13(20)18-8-17-12/h4,6,8H,2-3,7H2,1H3,(H,17,18,20). The number of ether oxygens (including phenoxy) is 1. The number of nitrogens with one attached hydrogen (secondary N) is 1. The first-order valence-electron chi connectivity index (χ1n) is 6.47. The van der Waals surface area contributed by atoms with Gasteiger partial charge in [-0.25, -0.2) is 9.97 Å². The van der Waals surface area contributed by atoms with Crippen LogP contribution in [0, 0.1) is 11.3 Å². The molecule has 0 saturated heterocycles. The second-order valence-electron chi connectivity index (χ2n) is 4.69. The summed E-state index contributed by atoms with van der Waals surface area (Å²) in [5, 5.41) is 9.12. The zero-order valence-electron chi connectivity index (χ0n) is 11.5. The van der Waals surface area contributed by atoms with Crippen LogP contribution in [-0.2, 0) is 13.0 Å². The van der Waals surface area contributed by atoms with Gasteiger partial charge in [-0.2, -0.15) is 5.26 Å². The molecule has 7 heteroatoms. The smallest absolute Gasteiger partial charge is 0.255 e. The van der Waals surface area contributed by atoms with Crippen molar-refractivity contribution in [2.45, 2.75) is 13.0 Å². The zero-order valence-corrected chi connectivity index (χ0v) is 11.5. The van der Waals surface area contributed by atoms with Crippen molar-refractivity contribution in [1.82, 2.24) is 15.0 Å². The highest BCUT2D eigenvalue weighted by Gasteiger charge is 2.21. The average molecular weight is 283 g/mol. The van der Waals surface area contributed by atoms with Crippen molar-refractivity contribution in [1.29, 1.82) is 5.26 Å². The lowest BCUT2D eigenvalue weighted by Gasteiger charge is -2.29. The molecule has 0 aromatic carbocycles. The molecule has 2 aromatic rings. The predicted molar refractivity (Wildman–Crippen MR) is 75.1 cm³/mol. The van der Waals surface area contributed by atoms with E-state index in [2.05, 4.69) is 21.0 Å².